The van der Waals surface area contributed by atoms with Gasteiger partial charge in [0.15, 0.2) is 6.29 Å². The summed E-state index contributed by atoms with van der Waals surface area (Å²) in [6, 6.07) is 9.57. The van der Waals surface area contributed by atoms with Gasteiger partial charge >= 0.3 is 0 Å². The van der Waals surface area contributed by atoms with E-state index in [-0.39, 0.29) is 6.10 Å². The predicted molar refractivity (Wildman–Crippen MR) is 58.8 cm³/mol. The van der Waals surface area contributed by atoms with Crippen molar-refractivity contribution in [3.8, 4) is 5.75 Å². The number of aliphatic hydroxyl groups is 1. The molecule has 0 bridgehead atoms. The molecule has 1 aromatic rings. The van der Waals surface area contributed by atoms with E-state index in [1.54, 1.807) is 0 Å². The van der Waals surface area contributed by atoms with Crippen LogP contribution in [0.1, 0.15) is 20.3 Å². The smallest absolute Gasteiger partial charge is 0.154 e. The monoisotopic (exact) mass is 210 g/mol. The normalized spacial score (nSPS) is 14.6. The number of hydrogen-bond acceptors (Lipinski definition) is 3. The van der Waals surface area contributed by atoms with E-state index in [2.05, 4.69) is 0 Å². The minimum atomic E-state index is -0.688. The van der Waals surface area contributed by atoms with Crippen molar-refractivity contribution in [1.29, 1.82) is 0 Å². The van der Waals surface area contributed by atoms with Gasteiger partial charge in [-0.05, 0) is 25.5 Å². The van der Waals surface area contributed by atoms with E-state index in [1.807, 2.05) is 44.2 Å². The summed E-state index contributed by atoms with van der Waals surface area (Å²) in [5, 5.41) is 9.20. The third-order valence-electron chi connectivity index (χ3n) is 1.95. The van der Waals surface area contributed by atoms with E-state index in [0.29, 0.717) is 13.0 Å². The minimum absolute atomic E-state index is 0.0615. The van der Waals surface area contributed by atoms with Crippen LogP contribution in [0.15, 0.2) is 30.3 Å². The number of rotatable bonds is 6. The van der Waals surface area contributed by atoms with E-state index in [0.717, 1.165) is 5.75 Å². The zero-order valence-electron chi connectivity index (χ0n) is 9.22. The zero-order chi connectivity index (χ0) is 11.1. The van der Waals surface area contributed by atoms with Gasteiger partial charge in [0.05, 0.1) is 6.61 Å². The third kappa shape index (κ3) is 4.81. The Balaban J connectivity index is 2.27. The second kappa shape index (κ2) is 6.43. The highest BCUT2D eigenvalue weighted by Crippen LogP contribution is 2.11. The van der Waals surface area contributed by atoms with Gasteiger partial charge in [-0.3, -0.25) is 0 Å². The van der Waals surface area contributed by atoms with Crippen LogP contribution in [0.5, 0.6) is 5.75 Å². The van der Waals surface area contributed by atoms with Crippen molar-refractivity contribution in [2.24, 2.45) is 0 Å². The quantitative estimate of drug-likeness (QED) is 0.731. The SMILES string of the molecule is CC[C@@H](O)OC[C@H](C)Oc1ccccc1. The second-order valence-electron chi connectivity index (χ2n) is 3.44. The van der Waals surface area contributed by atoms with Gasteiger partial charge in [0.25, 0.3) is 0 Å². The molecule has 0 saturated heterocycles. The first-order valence-electron chi connectivity index (χ1n) is 5.23. The number of hydrogen-bond donors (Lipinski definition) is 1. The fourth-order valence-electron chi connectivity index (χ4n) is 1.13. The average Bonchev–Trinajstić information content (AvgIpc) is 2.27. The van der Waals surface area contributed by atoms with Crippen LogP contribution in [-0.2, 0) is 4.74 Å². The lowest BCUT2D eigenvalue weighted by molar-refractivity contribution is -0.116. The molecule has 3 heteroatoms. The van der Waals surface area contributed by atoms with Crippen LogP contribution in [0, 0.1) is 0 Å². The van der Waals surface area contributed by atoms with E-state index >= 15 is 0 Å². The summed E-state index contributed by atoms with van der Waals surface area (Å²) in [7, 11) is 0. The molecule has 1 aromatic carbocycles. The van der Waals surface area contributed by atoms with Gasteiger partial charge in [-0.15, -0.1) is 0 Å². The molecule has 0 aromatic heterocycles. The molecule has 0 saturated carbocycles. The molecule has 0 fully saturated rings. The van der Waals surface area contributed by atoms with Gasteiger partial charge in [-0.1, -0.05) is 25.1 Å². The van der Waals surface area contributed by atoms with Crippen LogP contribution in [0.25, 0.3) is 0 Å². The fraction of sp³-hybridized carbons (Fsp3) is 0.500. The first kappa shape index (κ1) is 12.0. The van der Waals surface area contributed by atoms with Crippen molar-refractivity contribution in [2.45, 2.75) is 32.7 Å². The van der Waals surface area contributed by atoms with Crippen LogP contribution in [0.3, 0.4) is 0 Å². The fourth-order valence-corrected chi connectivity index (χ4v) is 1.13. The molecule has 15 heavy (non-hydrogen) atoms. The lowest BCUT2D eigenvalue weighted by atomic mass is 10.3. The van der Waals surface area contributed by atoms with Crippen molar-refractivity contribution < 1.29 is 14.6 Å². The van der Waals surface area contributed by atoms with Gasteiger partial charge in [0.1, 0.15) is 11.9 Å². The highest BCUT2D eigenvalue weighted by molar-refractivity contribution is 5.21. The number of ether oxygens (including phenoxy) is 2. The van der Waals surface area contributed by atoms with Gasteiger partial charge in [0, 0.05) is 0 Å². The molecule has 0 aliphatic carbocycles. The zero-order valence-corrected chi connectivity index (χ0v) is 9.22. The van der Waals surface area contributed by atoms with E-state index in [4.69, 9.17) is 9.47 Å². The summed E-state index contributed by atoms with van der Waals surface area (Å²) in [6.45, 7) is 4.17. The largest absolute Gasteiger partial charge is 0.488 e. The van der Waals surface area contributed by atoms with Crippen LogP contribution >= 0.6 is 0 Å². The van der Waals surface area contributed by atoms with E-state index in [1.165, 1.54) is 0 Å². The Hall–Kier alpha value is -1.06. The van der Waals surface area contributed by atoms with Crippen LogP contribution < -0.4 is 4.74 Å². The lowest BCUT2D eigenvalue weighted by Gasteiger charge is -2.16. The number of aliphatic hydroxyl groups excluding tert-OH is 1. The van der Waals surface area contributed by atoms with Crippen molar-refractivity contribution >= 4 is 0 Å². The Morgan fingerprint density at radius 2 is 1.93 bits per heavy atom. The van der Waals surface area contributed by atoms with Crippen LogP contribution in [0.2, 0.25) is 0 Å². The number of benzene rings is 1. The molecule has 0 unspecified atom stereocenters. The maximum atomic E-state index is 9.20. The van der Waals surface area contributed by atoms with Gasteiger partial charge in [-0.25, -0.2) is 0 Å². The van der Waals surface area contributed by atoms with Gasteiger partial charge in [-0.2, -0.15) is 0 Å². The summed E-state index contributed by atoms with van der Waals surface area (Å²) in [5.41, 5.74) is 0. The Morgan fingerprint density at radius 3 is 2.53 bits per heavy atom. The second-order valence-corrected chi connectivity index (χ2v) is 3.44. The Morgan fingerprint density at radius 1 is 1.27 bits per heavy atom. The van der Waals surface area contributed by atoms with E-state index < -0.39 is 6.29 Å². The van der Waals surface area contributed by atoms with Crippen LogP contribution in [0.4, 0.5) is 0 Å². The molecule has 0 spiro atoms. The summed E-state index contributed by atoms with van der Waals surface area (Å²) in [5.74, 6) is 0.819. The van der Waals surface area contributed by atoms with Gasteiger partial charge < -0.3 is 14.6 Å². The topological polar surface area (TPSA) is 38.7 Å². The molecular formula is C12H18O3. The summed E-state index contributed by atoms with van der Waals surface area (Å²) in [6.07, 6.45) is -0.154. The average molecular weight is 210 g/mol. The standard InChI is InChI=1S/C12H18O3/c1-3-12(13)14-9-10(2)15-11-7-5-4-6-8-11/h4-8,10,12-13H,3,9H2,1-2H3/t10-,12-/m0/s1. The van der Waals surface area contributed by atoms with Crippen LogP contribution in [-0.4, -0.2) is 24.1 Å². The third-order valence-corrected chi connectivity index (χ3v) is 1.95. The van der Waals surface area contributed by atoms with Crippen molar-refractivity contribution in [2.75, 3.05) is 6.61 Å². The highest BCUT2D eigenvalue weighted by atomic mass is 16.6. The molecule has 1 N–H and O–H groups in total. The molecule has 0 aliphatic rings. The Bertz CT molecular complexity index is 261. The van der Waals surface area contributed by atoms with Crippen molar-refractivity contribution in [3.63, 3.8) is 0 Å². The maximum absolute atomic E-state index is 9.20. The molecule has 0 aliphatic heterocycles. The first-order valence-corrected chi connectivity index (χ1v) is 5.23. The summed E-state index contributed by atoms with van der Waals surface area (Å²) >= 11 is 0. The molecule has 0 amide bonds. The molecular weight excluding hydrogens is 192 g/mol. The first-order chi connectivity index (χ1) is 7.22. The molecule has 2 atom stereocenters. The summed E-state index contributed by atoms with van der Waals surface area (Å²) in [4.78, 5) is 0. The van der Waals surface area contributed by atoms with Gasteiger partial charge in [0.2, 0.25) is 0 Å². The highest BCUT2D eigenvalue weighted by Gasteiger charge is 2.07. The molecule has 0 radical (unpaired) electrons. The molecule has 0 heterocycles. The number of para-hydroxylation sites is 1. The summed E-state index contributed by atoms with van der Waals surface area (Å²) < 4.78 is 10.7. The molecule has 3 nitrogen and oxygen atoms in total. The lowest BCUT2D eigenvalue weighted by Crippen LogP contribution is -2.23. The Labute approximate surface area is 90.6 Å². The Kier molecular flexibility index (Phi) is 5.15. The van der Waals surface area contributed by atoms with Crippen molar-refractivity contribution in [1.82, 2.24) is 0 Å². The van der Waals surface area contributed by atoms with E-state index in [9.17, 15) is 5.11 Å². The maximum Gasteiger partial charge on any atom is 0.154 e. The molecule has 84 valence electrons. The molecule has 1 rings (SSSR count). The predicted octanol–water partition coefficient (Wildman–Crippen LogP) is 2.20. The minimum Gasteiger partial charge on any atom is -0.488 e. The van der Waals surface area contributed by atoms with Crippen molar-refractivity contribution in [3.05, 3.63) is 30.3 Å².